The van der Waals surface area contributed by atoms with Crippen molar-refractivity contribution in [3.05, 3.63) is 53.6 Å². The third-order valence-corrected chi connectivity index (χ3v) is 6.89. The number of anilines is 1. The average molecular weight is 541 g/mol. The van der Waals surface area contributed by atoms with Gasteiger partial charge in [0.15, 0.2) is 11.0 Å². The van der Waals surface area contributed by atoms with Gasteiger partial charge in [0, 0.05) is 12.2 Å². The minimum absolute atomic E-state index is 0.0185. The number of nitrogens with one attached hydrogen (secondary N) is 1. The number of benzene rings is 2. The minimum Gasteiger partial charge on any atom is -0.497 e. The van der Waals surface area contributed by atoms with Gasteiger partial charge in [-0.1, -0.05) is 11.8 Å². The van der Waals surface area contributed by atoms with E-state index in [0.29, 0.717) is 24.1 Å². The number of carbonyl (C=O) groups is 3. The molecule has 0 saturated carbocycles. The van der Waals surface area contributed by atoms with Crippen LogP contribution >= 0.6 is 11.8 Å². The summed E-state index contributed by atoms with van der Waals surface area (Å²) in [6.07, 6.45) is 1.94. The van der Waals surface area contributed by atoms with Gasteiger partial charge >= 0.3 is 11.9 Å². The van der Waals surface area contributed by atoms with Crippen LogP contribution in [0.5, 0.6) is 5.75 Å². The molecular weight excluding hydrogens is 512 g/mol. The second-order valence-corrected chi connectivity index (χ2v) is 9.30. The summed E-state index contributed by atoms with van der Waals surface area (Å²) >= 11 is 1.21. The summed E-state index contributed by atoms with van der Waals surface area (Å²) < 4.78 is 22.6. The Morgan fingerprint density at radius 3 is 2.47 bits per heavy atom. The SMILES string of the molecule is COC(=O)c1ccc(C(=O)OC)c(NC(=O)CSc2nnc(-c3ccc(OC)cc3)n2C[C@@H]2CCCO2)c1. The maximum absolute atomic E-state index is 12.9. The number of amides is 1. The lowest BCUT2D eigenvalue weighted by Gasteiger charge is -2.15. The van der Waals surface area contributed by atoms with E-state index >= 15 is 0 Å². The van der Waals surface area contributed by atoms with E-state index in [2.05, 4.69) is 15.5 Å². The predicted molar refractivity (Wildman–Crippen MR) is 139 cm³/mol. The average Bonchev–Trinajstić information content (AvgIpc) is 3.61. The highest BCUT2D eigenvalue weighted by Crippen LogP contribution is 2.28. The Morgan fingerprint density at radius 2 is 1.82 bits per heavy atom. The van der Waals surface area contributed by atoms with Crippen LogP contribution in [-0.2, 0) is 25.5 Å². The van der Waals surface area contributed by atoms with Crippen molar-refractivity contribution in [1.82, 2.24) is 14.8 Å². The molecule has 1 amide bonds. The number of hydrogen-bond acceptors (Lipinski definition) is 10. The first kappa shape index (κ1) is 27.1. The first-order chi connectivity index (χ1) is 18.4. The summed E-state index contributed by atoms with van der Waals surface area (Å²) in [6, 6.07) is 11.7. The molecule has 1 saturated heterocycles. The molecule has 0 aliphatic carbocycles. The Labute approximate surface area is 223 Å². The monoisotopic (exact) mass is 540 g/mol. The molecule has 1 fully saturated rings. The fourth-order valence-corrected chi connectivity index (χ4v) is 4.75. The molecule has 0 radical (unpaired) electrons. The van der Waals surface area contributed by atoms with Gasteiger partial charge in [-0.3, -0.25) is 9.36 Å². The van der Waals surface area contributed by atoms with Gasteiger partial charge in [-0.25, -0.2) is 9.59 Å². The first-order valence-electron chi connectivity index (χ1n) is 11.9. The first-order valence-corrected chi connectivity index (χ1v) is 12.8. The van der Waals surface area contributed by atoms with Crippen LogP contribution in [0.15, 0.2) is 47.6 Å². The predicted octanol–water partition coefficient (Wildman–Crippen LogP) is 3.44. The minimum atomic E-state index is -0.648. The molecule has 4 rings (SSSR count). The van der Waals surface area contributed by atoms with E-state index < -0.39 is 17.8 Å². The highest BCUT2D eigenvalue weighted by atomic mass is 32.2. The fourth-order valence-electron chi connectivity index (χ4n) is 4.00. The van der Waals surface area contributed by atoms with Crippen LogP contribution < -0.4 is 10.1 Å². The highest BCUT2D eigenvalue weighted by Gasteiger charge is 2.23. The van der Waals surface area contributed by atoms with Crippen LogP contribution in [0.2, 0.25) is 0 Å². The zero-order valence-electron chi connectivity index (χ0n) is 21.3. The lowest BCUT2D eigenvalue weighted by Crippen LogP contribution is -2.19. The van der Waals surface area contributed by atoms with Gasteiger partial charge in [0.2, 0.25) is 5.91 Å². The van der Waals surface area contributed by atoms with E-state index in [1.807, 2.05) is 28.8 Å². The van der Waals surface area contributed by atoms with Gasteiger partial charge in [-0.2, -0.15) is 0 Å². The Hall–Kier alpha value is -3.90. The quantitative estimate of drug-likeness (QED) is 0.301. The van der Waals surface area contributed by atoms with Gasteiger partial charge in [-0.15, -0.1) is 10.2 Å². The molecule has 1 N–H and O–H groups in total. The molecule has 38 heavy (non-hydrogen) atoms. The van der Waals surface area contributed by atoms with E-state index in [1.165, 1.54) is 44.2 Å². The molecule has 0 spiro atoms. The van der Waals surface area contributed by atoms with Crippen LogP contribution in [0, 0.1) is 0 Å². The van der Waals surface area contributed by atoms with E-state index in [-0.39, 0.29) is 28.7 Å². The highest BCUT2D eigenvalue weighted by molar-refractivity contribution is 7.99. The van der Waals surface area contributed by atoms with Gasteiger partial charge in [0.25, 0.3) is 0 Å². The number of esters is 2. The van der Waals surface area contributed by atoms with Crippen molar-refractivity contribution < 1.29 is 33.3 Å². The van der Waals surface area contributed by atoms with Crippen molar-refractivity contribution in [3.63, 3.8) is 0 Å². The Balaban J connectivity index is 1.53. The summed E-state index contributed by atoms with van der Waals surface area (Å²) in [5.41, 5.74) is 1.30. The van der Waals surface area contributed by atoms with E-state index in [1.54, 1.807) is 7.11 Å². The molecule has 1 aliphatic heterocycles. The van der Waals surface area contributed by atoms with Crippen molar-refractivity contribution in [2.24, 2.45) is 0 Å². The van der Waals surface area contributed by atoms with Crippen LogP contribution in [0.3, 0.4) is 0 Å². The Morgan fingerprint density at radius 1 is 1.05 bits per heavy atom. The molecule has 1 aromatic heterocycles. The summed E-state index contributed by atoms with van der Waals surface area (Å²) in [6.45, 7) is 1.26. The number of carbonyl (C=O) groups excluding carboxylic acids is 3. The Kier molecular flexibility index (Phi) is 8.98. The Bertz CT molecular complexity index is 1300. The number of hydrogen-bond donors (Lipinski definition) is 1. The van der Waals surface area contributed by atoms with Crippen molar-refractivity contribution in [2.45, 2.75) is 30.6 Å². The smallest absolute Gasteiger partial charge is 0.339 e. The van der Waals surface area contributed by atoms with Crippen LogP contribution in [-0.4, -0.2) is 72.4 Å². The number of nitrogens with zero attached hydrogens (tertiary/aromatic N) is 3. The van der Waals surface area contributed by atoms with E-state index in [0.717, 1.165) is 24.2 Å². The lowest BCUT2D eigenvalue weighted by molar-refractivity contribution is -0.113. The van der Waals surface area contributed by atoms with Gasteiger partial charge in [-0.05, 0) is 55.3 Å². The van der Waals surface area contributed by atoms with Crippen LogP contribution in [0.25, 0.3) is 11.4 Å². The van der Waals surface area contributed by atoms with Crippen LogP contribution in [0.4, 0.5) is 5.69 Å². The summed E-state index contributed by atoms with van der Waals surface area (Å²) in [7, 11) is 4.09. The standard InChI is InChI=1S/C26H28N4O7S/c1-34-18-9-6-16(7-10-18)23-28-29-26(30(23)14-19-5-4-12-37-19)38-15-22(31)27-21-13-17(24(32)35-2)8-11-20(21)25(33)36-3/h6-11,13,19H,4-5,12,14-15H2,1-3H3,(H,27,31)/t19-/m0/s1. The second-order valence-electron chi connectivity index (χ2n) is 8.36. The lowest BCUT2D eigenvalue weighted by atomic mass is 10.1. The second kappa shape index (κ2) is 12.6. The third-order valence-electron chi connectivity index (χ3n) is 5.93. The van der Waals surface area contributed by atoms with Crippen molar-refractivity contribution >= 4 is 35.3 Å². The molecule has 3 aromatic rings. The van der Waals surface area contributed by atoms with Gasteiger partial charge in [0.1, 0.15) is 5.75 Å². The van der Waals surface area contributed by atoms with Crippen molar-refractivity contribution in [3.8, 4) is 17.1 Å². The fraction of sp³-hybridized carbons (Fsp3) is 0.346. The summed E-state index contributed by atoms with van der Waals surface area (Å²) in [5, 5.41) is 12.0. The topological polar surface area (TPSA) is 131 Å². The molecule has 200 valence electrons. The maximum Gasteiger partial charge on any atom is 0.339 e. The molecule has 12 heteroatoms. The zero-order valence-corrected chi connectivity index (χ0v) is 22.1. The van der Waals surface area contributed by atoms with E-state index in [9.17, 15) is 14.4 Å². The van der Waals surface area contributed by atoms with E-state index in [4.69, 9.17) is 18.9 Å². The molecule has 2 heterocycles. The van der Waals surface area contributed by atoms with Crippen molar-refractivity contribution in [1.29, 1.82) is 0 Å². The zero-order chi connectivity index (χ0) is 27.1. The number of thioether (sulfide) groups is 1. The summed E-state index contributed by atoms with van der Waals surface area (Å²) in [5.74, 6) is -0.281. The normalized spacial score (nSPS) is 14.7. The maximum atomic E-state index is 12.9. The molecule has 1 aliphatic rings. The number of rotatable bonds is 10. The number of methoxy groups -OCH3 is 3. The molecule has 11 nitrogen and oxygen atoms in total. The van der Waals surface area contributed by atoms with Gasteiger partial charge < -0.3 is 24.3 Å². The molecular formula is C26H28N4O7S. The molecule has 0 bridgehead atoms. The van der Waals surface area contributed by atoms with Gasteiger partial charge in [0.05, 0.1) is 56.5 Å². The number of ether oxygens (including phenoxy) is 4. The summed E-state index contributed by atoms with van der Waals surface area (Å²) in [4.78, 5) is 37.1. The molecule has 0 unspecified atom stereocenters. The number of aromatic nitrogens is 3. The third kappa shape index (κ3) is 6.32. The molecule has 1 atom stereocenters. The van der Waals surface area contributed by atoms with Crippen molar-refractivity contribution in [2.75, 3.05) is 39.0 Å². The molecule has 2 aromatic carbocycles. The van der Waals surface area contributed by atoms with Crippen LogP contribution in [0.1, 0.15) is 33.6 Å². The largest absolute Gasteiger partial charge is 0.497 e.